The van der Waals surface area contributed by atoms with Crippen molar-refractivity contribution in [3.8, 4) is 0 Å². The van der Waals surface area contributed by atoms with Crippen LogP contribution >= 0.6 is 11.8 Å². The highest BCUT2D eigenvalue weighted by Gasteiger charge is 2.11. The largest absolute Gasteiger partial charge is 0.468 e. The van der Waals surface area contributed by atoms with Crippen molar-refractivity contribution >= 4 is 17.6 Å². The monoisotopic (exact) mass is 278 g/mol. The molecular weight excluding hydrogens is 260 g/mol. The summed E-state index contributed by atoms with van der Waals surface area (Å²) in [7, 11) is 0. The second-order valence-corrected chi connectivity index (χ2v) is 5.15. The van der Waals surface area contributed by atoms with Crippen LogP contribution in [0.5, 0.6) is 0 Å². The molecule has 0 atom stereocenters. The lowest BCUT2D eigenvalue weighted by molar-refractivity contribution is 0.530. The number of anilines is 1. The van der Waals surface area contributed by atoms with Crippen molar-refractivity contribution in [3.63, 3.8) is 0 Å². The first-order valence-electron chi connectivity index (χ1n) is 6.24. The van der Waals surface area contributed by atoms with Crippen molar-refractivity contribution in [2.45, 2.75) is 37.5 Å². The zero-order valence-corrected chi connectivity index (χ0v) is 12.0. The predicted molar refractivity (Wildman–Crippen MR) is 76.8 cm³/mol. The Morgan fingerprint density at radius 1 is 1.42 bits per heavy atom. The number of nitrogens with one attached hydrogen (secondary N) is 1. The summed E-state index contributed by atoms with van der Waals surface area (Å²) < 4.78 is 5.32. The Balaban J connectivity index is 2.19. The molecule has 0 saturated heterocycles. The smallest absolute Gasteiger partial charge is 0.147 e. The minimum absolute atomic E-state index is 0.695. The van der Waals surface area contributed by atoms with Gasteiger partial charge in [-0.05, 0) is 25.5 Å². The van der Waals surface area contributed by atoms with Gasteiger partial charge in [0.05, 0.1) is 12.0 Å². The predicted octanol–water partition coefficient (Wildman–Crippen LogP) is 2.91. The number of thioether (sulfide) groups is 1. The Morgan fingerprint density at radius 2 is 2.26 bits per heavy atom. The van der Waals surface area contributed by atoms with Crippen LogP contribution in [-0.2, 0) is 12.2 Å². The minimum Gasteiger partial charge on any atom is -0.468 e. The standard InChI is InChI=1S/C13H18N4OS/c1-3-5-11-15-12(17-14)9(2)13(16-11)19-8-10-6-4-7-18-10/h4,6-7H,3,5,8,14H2,1-2H3,(H,15,16,17). The van der Waals surface area contributed by atoms with Crippen molar-refractivity contribution in [1.82, 2.24) is 9.97 Å². The third-order valence-corrected chi connectivity index (χ3v) is 3.79. The van der Waals surface area contributed by atoms with Gasteiger partial charge in [-0.25, -0.2) is 15.8 Å². The van der Waals surface area contributed by atoms with Gasteiger partial charge in [-0.2, -0.15) is 0 Å². The van der Waals surface area contributed by atoms with Crippen LogP contribution < -0.4 is 11.3 Å². The van der Waals surface area contributed by atoms with Gasteiger partial charge < -0.3 is 9.84 Å². The van der Waals surface area contributed by atoms with Gasteiger partial charge in [0.25, 0.3) is 0 Å². The maximum absolute atomic E-state index is 5.51. The number of nitrogens with two attached hydrogens (primary N) is 1. The van der Waals surface area contributed by atoms with Crippen LogP contribution in [0.25, 0.3) is 0 Å². The SMILES string of the molecule is CCCc1nc(NN)c(C)c(SCc2ccco2)n1. The second-order valence-electron chi connectivity index (χ2n) is 4.18. The summed E-state index contributed by atoms with van der Waals surface area (Å²) >= 11 is 1.63. The van der Waals surface area contributed by atoms with Gasteiger partial charge in [-0.3, -0.25) is 0 Å². The van der Waals surface area contributed by atoms with E-state index in [-0.39, 0.29) is 0 Å². The lowest BCUT2D eigenvalue weighted by atomic mass is 10.3. The molecule has 0 aliphatic rings. The van der Waals surface area contributed by atoms with Crippen LogP contribution in [0.15, 0.2) is 27.8 Å². The molecule has 0 spiro atoms. The summed E-state index contributed by atoms with van der Waals surface area (Å²) in [5, 5.41) is 0.947. The average Bonchev–Trinajstić information content (AvgIpc) is 2.92. The highest BCUT2D eigenvalue weighted by Crippen LogP contribution is 2.27. The molecule has 0 bridgehead atoms. The molecule has 0 aromatic carbocycles. The van der Waals surface area contributed by atoms with Crippen LogP contribution in [0, 0.1) is 6.92 Å². The molecule has 5 nitrogen and oxygen atoms in total. The molecule has 2 aromatic heterocycles. The Labute approximate surface area is 117 Å². The fraction of sp³-hybridized carbons (Fsp3) is 0.385. The minimum atomic E-state index is 0.695. The third-order valence-electron chi connectivity index (χ3n) is 2.69. The zero-order chi connectivity index (χ0) is 13.7. The number of aromatic nitrogens is 2. The second kappa shape index (κ2) is 6.58. The van der Waals surface area contributed by atoms with E-state index in [1.54, 1.807) is 18.0 Å². The van der Waals surface area contributed by atoms with Crippen LogP contribution in [0.1, 0.15) is 30.5 Å². The summed E-state index contributed by atoms with van der Waals surface area (Å²) in [6.45, 7) is 4.07. The summed E-state index contributed by atoms with van der Waals surface area (Å²) in [5.41, 5.74) is 3.61. The molecule has 6 heteroatoms. The lowest BCUT2D eigenvalue weighted by Crippen LogP contribution is -2.13. The summed E-state index contributed by atoms with van der Waals surface area (Å²) in [6.07, 6.45) is 3.54. The molecule has 3 N–H and O–H groups in total. The van der Waals surface area contributed by atoms with Gasteiger partial charge in [0.15, 0.2) is 0 Å². The quantitative estimate of drug-likeness (QED) is 0.366. The Kier molecular flexibility index (Phi) is 4.81. The highest BCUT2D eigenvalue weighted by molar-refractivity contribution is 7.98. The number of nitrogen functional groups attached to an aromatic ring is 1. The molecule has 19 heavy (non-hydrogen) atoms. The zero-order valence-electron chi connectivity index (χ0n) is 11.1. The summed E-state index contributed by atoms with van der Waals surface area (Å²) in [4.78, 5) is 8.99. The molecule has 2 rings (SSSR count). The highest BCUT2D eigenvalue weighted by atomic mass is 32.2. The van der Waals surface area contributed by atoms with Gasteiger partial charge >= 0.3 is 0 Å². The van der Waals surface area contributed by atoms with E-state index in [1.165, 1.54) is 0 Å². The number of aryl methyl sites for hydroxylation is 1. The number of hydrazine groups is 1. The summed E-state index contributed by atoms with van der Waals surface area (Å²) in [5.74, 6) is 8.71. The average molecular weight is 278 g/mol. The molecule has 0 saturated carbocycles. The topological polar surface area (TPSA) is 77.0 Å². The number of furan rings is 1. The van der Waals surface area contributed by atoms with E-state index in [1.807, 2.05) is 19.1 Å². The van der Waals surface area contributed by atoms with Gasteiger partial charge in [-0.1, -0.05) is 18.7 Å². The van der Waals surface area contributed by atoms with E-state index in [9.17, 15) is 0 Å². The van der Waals surface area contributed by atoms with Gasteiger partial charge in [0.1, 0.15) is 22.4 Å². The van der Waals surface area contributed by atoms with Crippen LogP contribution in [-0.4, -0.2) is 9.97 Å². The first-order chi connectivity index (χ1) is 9.24. The summed E-state index contributed by atoms with van der Waals surface area (Å²) in [6, 6.07) is 3.84. The van der Waals surface area contributed by atoms with E-state index < -0.39 is 0 Å². The fourth-order valence-electron chi connectivity index (χ4n) is 1.69. The number of hydrogen-bond acceptors (Lipinski definition) is 6. The number of nitrogens with zero attached hydrogens (tertiary/aromatic N) is 2. The molecule has 2 heterocycles. The van der Waals surface area contributed by atoms with Crippen molar-refractivity contribution in [1.29, 1.82) is 0 Å². The molecule has 0 aliphatic carbocycles. The van der Waals surface area contributed by atoms with E-state index in [2.05, 4.69) is 22.3 Å². The van der Waals surface area contributed by atoms with E-state index in [4.69, 9.17) is 10.3 Å². The van der Waals surface area contributed by atoms with Crippen LogP contribution in [0.2, 0.25) is 0 Å². The fourth-order valence-corrected chi connectivity index (χ4v) is 2.62. The molecule has 0 radical (unpaired) electrons. The molecule has 0 fully saturated rings. The van der Waals surface area contributed by atoms with Gasteiger partial charge in [0, 0.05) is 12.0 Å². The molecule has 0 amide bonds. The molecule has 0 unspecified atom stereocenters. The van der Waals surface area contributed by atoms with Crippen molar-refractivity contribution < 1.29 is 4.42 Å². The molecular formula is C13H18N4OS. The van der Waals surface area contributed by atoms with E-state index >= 15 is 0 Å². The Bertz CT molecular complexity index is 528. The maximum atomic E-state index is 5.51. The number of rotatable bonds is 6. The van der Waals surface area contributed by atoms with Gasteiger partial charge in [-0.15, -0.1) is 0 Å². The maximum Gasteiger partial charge on any atom is 0.147 e. The van der Waals surface area contributed by atoms with Crippen molar-refractivity contribution in [2.75, 3.05) is 5.43 Å². The van der Waals surface area contributed by atoms with E-state index in [0.717, 1.165) is 40.8 Å². The lowest BCUT2D eigenvalue weighted by Gasteiger charge is -2.10. The first-order valence-corrected chi connectivity index (χ1v) is 7.22. The normalized spacial score (nSPS) is 10.7. The van der Waals surface area contributed by atoms with E-state index in [0.29, 0.717) is 5.82 Å². The van der Waals surface area contributed by atoms with Gasteiger partial charge in [0.2, 0.25) is 0 Å². The molecule has 102 valence electrons. The van der Waals surface area contributed by atoms with Crippen LogP contribution in [0.4, 0.5) is 5.82 Å². The third kappa shape index (κ3) is 3.48. The van der Waals surface area contributed by atoms with Crippen LogP contribution in [0.3, 0.4) is 0 Å². The van der Waals surface area contributed by atoms with Crippen molar-refractivity contribution in [2.24, 2.45) is 5.84 Å². The number of hydrogen-bond donors (Lipinski definition) is 2. The first kappa shape index (κ1) is 13.9. The molecule has 0 aliphatic heterocycles. The Morgan fingerprint density at radius 3 is 2.89 bits per heavy atom. The Hall–Kier alpha value is -1.53. The van der Waals surface area contributed by atoms with Crippen molar-refractivity contribution in [3.05, 3.63) is 35.5 Å². The molecule has 2 aromatic rings.